The lowest BCUT2D eigenvalue weighted by Gasteiger charge is -2.30. The zero-order chi connectivity index (χ0) is 10.9. The van der Waals surface area contributed by atoms with Crippen LogP contribution in [-0.4, -0.2) is 41.1 Å². The quantitative estimate of drug-likeness (QED) is 0.580. The van der Waals surface area contributed by atoms with Crippen LogP contribution in [-0.2, 0) is 4.79 Å². The molecule has 0 aromatic carbocycles. The van der Waals surface area contributed by atoms with Gasteiger partial charge in [-0.3, -0.25) is 15.0 Å². The first-order valence-corrected chi connectivity index (χ1v) is 4.28. The van der Waals surface area contributed by atoms with Crippen molar-refractivity contribution in [3.8, 4) is 0 Å². The number of hydrogen-bond acceptors (Lipinski definition) is 3. The van der Waals surface area contributed by atoms with Crippen molar-refractivity contribution in [3.63, 3.8) is 0 Å². The Morgan fingerprint density at radius 3 is 2.64 bits per heavy atom. The van der Waals surface area contributed by atoms with Gasteiger partial charge in [-0.15, -0.1) is 0 Å². The fourth-order valence-electron chi connectivity index (χ4n) is 1.22. The first-order chi connectivity index (χ1) is 6.43. The highest BCUT2D eigenvalue weighted by Gasteiger charge is 2.31. The molecule has 1 aliphatic heterocycles. The second-order valence-corrected chi connectivity index (χ2v) is 3.31. The van der Waals surface area contributed by atoms with Gasteiger partial charge in [0.1, 0.15) is 0 Å². The third kappa shape index (κ3) is 1.84. The second-order valence-electron chi connectivity index (χ2n) is 3.31. The number of nitrogens with zero attached hydrogens (tertiary/aromatic N) is 2. The van der Waals surface area contributed by atoms with E-state index in [1.807, 2.05) is 0 Å². The summed E-state index contributed by atoms with van der Waals surface area (Å²) in [5, 5.41) is 10.6. The lowest BCUT2D eigenvalue weighted by Crippen LogP contribution is -2.51. The van der Waals surface area contributed by atoms with Crippen molar-refractivity contribution in [3.05, 3.63) is 0 Å². The van der Waals surface area contributed by atoms with Gasteiger partial charge in [0.25, 0.3) is 0 Å². The summed E-state index contributed by atoms with van der Waals surface area (Å²) in [5.41, 5.74) is 0. The normalized spacial score (nSPS) is 27.2. The number of guanidine groups is 1. The molecule has 78 valence electrons. The SMILES string of the molecule is CC1N=C(NC(=O)O)N(C)C(=O)C1C. The predicted octanol–water partition coefficient (Wildman–Crippen LogP) is 0.107. The van der Waals surface area contributed by atoms with Crippen molar-refractivity contribution >= 4 is 18.0 Å². The molecule has 1 rings (SSSR count). The Hall–Kier alpha value is -1.59. The summed E-state index contributed by atoms with van der Waals surface area (Å²) < 4.78 is 0. The van der Waals surface area contributed by atoms with Gasteiger partial charge in [0.2, 0.25) is 11.9 Å². The topological polar surface area (TPSA) is 82.0 Å². The maximum atomic E-state index is 11.5. The molecule has 14 heavy (non-hydrogen) atoms. The van der Waals surface area contributed by atoms with Crippen molar-refractivity contribution in [1.82, 2.24) is 10.2 Å². The molecule has 1 heterocycles. The lowest BCUT2D eigenvalue weighted by molar-refractivity contribution is -0.131. The van der Waals surface area contributed by atoms with E-state index < -0.39 is 6.09 Å². The smallest absolute Gasteiger partial charge is 0.411 e. The molecule has 2 atom stereocenters. The Morgan fingerprint density at radius 2 is 2.14 bits per heavy atom. The van der Waals surface area contributed by atoms with Crippen LogP contribution in [0.1, 0.15) is 13.8 Å². The van der Waals surface area contributed by atoms with Crippen LogP contribution in [0.2, 0.25) is 0 Å². The number of hydrogen-bond donors (Lipinski definition) is 2. The largest absolute Gasteiger partial charge is 0.465 e. The van der Waals surface area contributed by atoms with E-state index >= 15 is 0 Å². The van der Waals surface area contributed by atoms with Crippen molar-refractivity contribution < 1.29 is 14.7 Å². The number of carbonyl (C=O) groups excluding carboxylic acids is 1. The molecule has 6 nitrogen and oxygen atoms in total. The van der Waals surface area contributed by atoms with Crippen LogP contribution in [0.25, 0.3) is 0 Å². The number of aliphatic imine (C=N–C) groups is 1. The molecule has 2 amide bonds. The lowest BCUT2D eigenvalue weighted by atomic mass is 10.0. The van der Waals surface area contributed by atoms with Crippen molar-refractivity contribution in [2.24, 2.45) is 10.9 Å². The molecule has 2 N–H and O–H groups in total. The van der Waals surface area contributed by atoms with E-state index in [-0.39, 0.29) is 23.8 Å². The zero-order valence-electron chi connectivity index (χ0n) is 8.31. The van der Waals surface area contributed by atoms with Gasteiger partial charge in [0, 0.05) is 7.05 Å². The van der Waals surface area contributed by atoms with Crippen LogP contribution in [0, 0.1) is 5.92 Å². The van der Waals surface area contributed by atoms with Crippen LogP contribution in [0.4, 0.5) is 4.79 Å². The number of amides is 2. The van der Waals surface area contributed by atoms with Gasteiger partial charge in [-0.1, -0.05) is 6.92 Å². The molecule has 0 aromatic rings. The van der Waals surface area contributed by atoms with Crippen LogP contribution in [0.3, 0.4) is 0 Å². The summed E-state index contributed by atoms with van der Waals surface area (Å²) in [4.78, 5) is 27.2. The summed E-state index contributed by atoms with van der Waals surface area (Å²) >= 11 is 0. The van der Waals surface area contributed by atoms with Crippen molar-refractivity contribution in [2.45, 2.75) is 19.9 Å². The Balaban J connectivity index is 2.89. The number of nitrogens with one attached hydrogen (secondary N) is 1. The van der Waals surface area contributed by atoms with E-state index in [2.05, 4.69) is 10.3 Å². The zero-order valence-corrected chi connectivity index (χ0v) is 8.31. The highest BCUT2D eigenvalue weighted by molar-refractivity contribution is 6.04. The Kier molecular flexibility index (Phi) is 2.73. The van der Waals surface area contributed by atoms with Crippen LogP contribution < -0.4 is 5.32 Å². The molecule has 0 fully saturated rings. The molecular weight excluding hydrogens is 186 g/mol. The van der Waals surface area contributed by atoms with E-state index in [1.165, 1.54) is 11.9 Å². The average molecular weight is 199 g/mol. The molecule has 6 heteroatoms. The highest BCUT2D eigenvalue weighted by Crippen LogP contribution is 2.15. The maximum Gasteiger partial charge on any atom is 0.411 e. The number of rotatable bonds is 0. The molecule has 0 radical (unpaired) electrons. The summed E-state index contributed by atoms with van der Waals surface area (Å²) in [6, 6.07) is -0.194. The predicted molar refractivity (Wildman–Crippen MR) is 50.0 cm³/mol. The van der Waals surface area contributed by atoms with E-state index in [9.17, 15) is 9.59 Å². The number of carbonyl (C=O) groups is 2. The van der Waals surface area contributed by atoms with E-state index in [0.29, 0.717) is 0 Å². The average Bonchev–Trinajstić information content (AvgIpc) is 2.10. The summed E-state index contributed by atoms with van der Waals surface area (Å²) in [5.74, 6) is -0.247. The molecule has 1 aliphatic rings. The molecule has 0 aliphatic carbocycles. The first kappa shape index (κ1) is 10.5. The van der Waals surface area contributed by atoms with Crippen LogP contribution in [0.5, 0.6) is 0 Å². The van der Waals surface area contributed by atoms with Crippen LogP contribution >= 0.6 is 0 Å². The summed E-state index contributed by atoms with van der Waals surface area (Å²) in [6.07, 6.45) is -1.22. The van der Waals surface area contributed by atoms with Crippen molar-refractivity contribution in [1.29, 1.82) is 0 Å². The van der Waals surface area contributed by atoms with Gasteiger partial charge in [0.15, 0.2) is 0 Å². The third-order valence-corrected chi connectivity index (χ3v) is 2.31. The molecule has 0 saturated heterocycles. The summed E-state index contributed by atoms with van der Waals surface area (Å²) in [6.45, 7) is 3.55. The molecule has 2 unspecified atom stereocenters. The Labute approximate surface area is 81.6 Å². The minimum absolute atomic E-state index is 0.0908. The molecule has 0 spiro atoms. The first-order valence-electron chi connectivity index (χ1n) is 4.28. The Bertz CT molecular complexity index is 300. The number of carboxylic acid groups (broad SMARTS) is 1. The van der Waals surface area contributed by atoms with Gasteiger partial charge in [-0.2, -0.15) is 0 Å². The molecule has 0 aromatic heterocycles. The molecule has 0 saturated carbocycles. The minimum atomic E-state index is -1.22. The van der Waals surface area contributed by atoms with E-state index in [1.54, 1.807) is 13.8 Å². The fraction of sp³-hybridized carbons (Fsp3) is 0.625. The third-order valence-electron chi connectivity index (χ3n) is 2.31. The van der Waals surface area contributed by atoms with Gasteiger partial charge >= 0.3 is 6.09 Å². The van der Waals surface area contributed by atoms with Gasteiger partial charge in [-0.05, 0) is 6.92 Å². The molecular formula is C8H13N3O3. The minimum Gasteiger partial charge on any atom is -0.465 e. The highest BCUT2D eigenvalue weighted by atomic mass is 16.4. The molecule has 0 bridgehead atoms. The van der Waals surface area contributed by atoms with Gasteiger partial charge in [0.05, 0.1) is 12.0 Å². The van der Waals surface area contributed by atoms with E-state index in [0.717, 1.165) is 0 Å². The Morgan fingerprint density at radius 1 is 1.57 bits per heavy atom. The second kappa shape index (κ2) is 3.65. The standard InChI is InChI=1S/C8H13N3O3/c1-4-5(2)9-7(10-8(13)14)11(3)6(4)12/h4-5H,1-3H3,(H,9,10)(H,13,14). The maximum absolute atomic E-state index is 11.5. The van der Waals surface area contributed by atoms with Gasteiger partial charge in [-0.25, -0.2) is 9.79 Å². The summed E-state index contributed by atoms with van der Waals surface area (Å²) in [7, 11) is 1.50. The monoisotopic (exact) mass is 199 g/mol. The van der Waals surface area contributed by atoms with Crippen molar-refractivity contribution in [2.75, 3.05) is 7.05 Å². The van der Waals surface area contributed by atoms with E-state index in [4.69, 9.17) is 5.11 Å². The van der Waals surface area contributed by atoms with Crippen LogP contribution in [0.15, 0.2) is 4.99 Å². The fourth-order valence-corrected chi connectivity index (χ4v) is 1.22. The van der Waals surface area contributed by atoms with Gasteiger partial charge < -0.3 is 5.11 Å².